The molecule has 1 unspecified atom stereocenters. The second kappa shape index (κ2) is 7.88. The van der Waals surface area contributed by atoms with Crippen LogP contribution in [0.2, 0.25) is 0 Å². The minimum absolute atomic E-state index is 0.371. The van der Waals surface area contributed by atoms with Crippen molar-refractivity contribution in [2.75, 3.05) is 32.8 Å². The van der Waals surface area contributed by atoms with Crippen LogP contribution < -0.4 is 4.74 Å². The van der Waals surface area contributed by atoms with Gasteiger partial charge < -0.3 is 9.47 Å². The van der Waals surface area contributed by atoms with Crippen LogP contribution in [-0.2, 0) is 4.74 Å². The predicted molar refractivity (Wildman–Crippen MR) is 77.7 cm³/mol. The molecule has 0 N–H and O–H groups in total. The van der Waals surface area contributed by atoms with E-state index in [2.05, 4.69) is 11.0 Å². The van der Waals surface area contributed by atoms with Gasteiger partial charge in [0.2, 0.25) is 0 Å². The van der Waals surface area contributed by atoms with Crippen LogP contribution in [0.4, 0.5) is 0 Å². The number of nitrogens with zero attached hydrogens (tertiary/aromatic N) is 2. The molecule has 0 aliphatic carbocycles. The number of hydrogen-bond donors (Lipinski definition) is 0. The molecular weight excluding hydrogens is 252 g/mol. The van der Waals surface area contributed by atoms with Crippen molar-refractivity contribution < 1.29 is 9.47 Å². The van der Waals surface area contributed by atoms with E-state index in [1.807, 2.05) is 19.1 Å². The molecule has 4 nitrogen and oxygen atoms in total. The zero-order chi connectivity index (χ0) is 14.2. The summed E-state index contributed by atoms with van der Waals surface area (Å²) in [5.41, 5.74) is 0.636. The summed E-state index contributed by atoms with van der Waals surface area (Å²) in [6, 6.07) is 9.42. The molecule has 1 aromatic carbocycles. The van der Waals surface area contributed by atoms with Crippen LogP contribution in [0.5, 0.6) is 5.75 Å². The highest BCUT2D eigenvalue weighted by Gasteiger charge is 2.19. The van der Waals surface area contributed by atoms with Gasteiger partial charge in [-0.1, -0.05) is 6.07 Å². The lowest BCUT2D eigenvalue weighted by Gasteiger charge is -2.32. The molecular formula is C16H22N2O2. The summed E-state index contributed by atoms with van der Waals surface area (Å²) in [6.45, 7) is 6.49. The molecule has 1 atom stereocenters. The summed E-state index contributed by atoms with van der Waals surface area (Å²) < 4.78 is 11.4. The average molecular weight is 274 g/mol. The van der Waals surface area contributed by atoms with Crippen molar-refractivity contribution in [1.29, 1.82) is 5.26 Å². The van der Waals surface area contributed by atoms with Crippen molar-refractivity contribution in [2.24, 2.45) is 0 Å². The van der Waals surface area contributed by atoms with Gasteiger partial charge in [-0.25, -0.2) is 0 Å². The lowest BCUT2D eigenvalue weighted by atomic mass is 10.1. The quantitative estimate of drug-likeness (QED) is 0.799. The number of rotatable bonds is 6. The van der Waals surface area contributed by atoms with Gasteiger partial charge in [0.25, 0.3) is 0 Å². The Kier molecular flexibility index (Phi) is 5.85. The maximum atomic E-state index is 8.84. The van der Waals surface area contributed by atoms with E-state index in [-0.39, 0.29) is 0 Å². The monoisotopic (exact) mass is 274 g/mol. The Labute approximate surface area is 120 Å². The molecule has 108 valence electrons. The number of nitriles is 1. The second-order valence-corrected chi connectivity index (χ2v) is 5.01. The van der Waals surface area contributed by atoms with Crippen LogP contribution in [0, 0.1) is 11.3 Å². The van der Waals surface area contributed by atoms with E-state index in [0.29, 0.717) is 18.3 Å². The molecule has 1 aliphatic heterocycles. The maximum absolute atomic E-state index is 8.84. The van der Waals surface area contributed by atoms with Gasteiger partial charge in [-0.15, -0.1) is 0 Å². The Bertz CT molecular complexity index is 454. The number of benzene rings is 1. The van der Waals surface area contributed by atoms with Gasteiger partial charge in [0, 0.05) is 19.7 Å². The SMILES string of the molecule is CCOC1CCCN(CCOc2cccc(C#N)c2)C1. The minimum atomic E-state index is 0.371. The first-order valence-electron chi connectivity index (χ1n) is 7.28. The van der Waals surface area contributed by atoms with Crippen LogP contribution in [0.25, 0.3) is 0 Å². The average Bonchev–Trinajstić information content (AvgIpc) is 2.48. The molecule has 0 aromatic heterocycles. The maximum Gasteiger partial charge on any atom is 0.120 e. The fourth-order valence-corrected chi connectivity index (χ4v) is 2.54. The summed E-state index contributed by atoms with van der Waals surface area (Å²) in [5.74, 6) is 0.766. The summed E-state index contributed by atoms with van der Waals surface area (Å²) in [4.78, 5) is 2.39. The van der Waals surface area contributed by atoms with Gasteiger partial charge in [0.15, 0.2) is 0 Å². The molecule has 0 radical (unpaired) electrons. The Morgan fingerprint density at radius 3 is 3.15 bits per heavy atom. The highest BCUT2D eigenvalue weighted by molar-refractivity contribution is 5.36. The third kappa shape index (κ3) is 4.52. The Balaban J connectivity index is 1.73. The summed E-state index contributed by atoms with van der Waals surface area (Å²) in [6.07, 6.45) is 2.72. The van der Waals surface area contributed by atoms with Crippen molar-refractivity contribution in [3.63, 3.8) is 0 Å². The van der Waals surface area contributed by atoms with E-state index in [4.69, 9.17) is 14.7 Å². The number of piperidine rings is 1. The summed E-state index contributed by atoms with van der Waals surface area (Å²) in [7, 11) is 0. The smallest absolute Gasteiger partial charge is 0.120 e. The Morgan fingerprint density at radius 1 is 1.45 bits per heavy atom. The second-order valence-electron chi connectivity index (χ2n) is 5.01. The Morgan fingerprint density at radius 2 is 2.35 bits per heavy atom. The molecule has 1 heterocycles. The van der Waals surface area contributed by atoms with E-state index in [9.17, 15) is 0 Å². The van der Waals surface area contributed by atoms with Crippen LogP contribution in [-0.4, -0.2) is 43.9 Å². The van der Waals surface area contributed by atoms with Crippen LogP contribution >= 0.6 is 0 Å². The van der Waals surface area contributed by atoms with Gasteiger partial charge in [-0.05, 0) is 44.5 Å². The van der Waals surface area contributed by atoms with Crippen molar-refractivity contribution in [1.82, 2.24) is 4.90 Å². The highest BCUT2D eigenvalue weighted by Crippen LogP contribution is 2.15. The van der Waals surface area contributed by atoms with Crippen molar-refractivity contribution >= 4 is 0 Å². The minimum Gasteiger partial charge on any atom is -0.492 e. The molecule has 2 rings (SSSR count). The van der Waals surface area contributed by atoms with Crippen molar-refractivity contribution in [3.05, 3.63) is 29.8 Å². The third-order valence-electron chi connectivity index (χ3n) is 3.50. The van der Waals surface area contributed by atoms with Crippen LogP contribution in [0.3, 0.4) is 0 Å². The fraction of sp³-hybridized carbons (Fsp3) is 0.562. The molecule has 0 saturated carbocycles. The van der Waals surface area contributed by atoms with E-state index in [1.54, 1.807) is 12.1 Å². The molecule has 0 bridgehead atoms. The van der Waals surface area contributed by atoms with Crippen molar-refractivity contribution in [3.8, 4) is 11.8 Å². The molecule has 4 heteroatoms. The van der Waals surface area contributed by atoms with Crippen LogP contribution in [0.1, 0.15) is 25.3 Å². The predicted octanol–water partition coefficient (Wildman–Crippen LogP) is 2.44. The molecule has 1 fully saturated rings. The highest BCUT2D eigenvalue weighted by atomic mass is 16.5. The first-order valence-corrected chi connectivity index (χ1v) is 7.28. The summed E-state index contributed by atoms with van der Waals surface area (Å²) >= 11 is 0. The topological polar surface area (TPSA) is 45.5 Å². The van der Waals surface area contributed by atoms with Gasteiger partial charge in [0.1, 0.15) is 12.4 Å². The molecule has 1 aliphatic rings. The van der Waals surface area contributed by atoms with Crippen molar-refractivity contribution in [2.45, 2.75) is 25.9 Å². The lowest BCUT2D eigenvalue weighted by Crippen LogP contribution is -2.41. The molecule has 0 amide bonds. The van der Waals surface area contributed by atoms with E-state index >= 15 is 0 Å². The zero-order valence-electron chi connectivity index (χ0n) is 12.0. The number of likely N-dealkylation sites (tertiary alicyclic amines) is 1. The Hall–Kier alpha value is -1.57. The number of hydrogen-bond acceptors (Lipinski definition) is 4. The van der Waals surface area contributed by atoms with Crippen LogP contribution in [0.15, 0.2) is 24.3 Å². The molecule has 1 saturated heterocycles. The summed E-state index contributed by atoms with van der Waals surface area (Å²) in [5, 5.41) is 8.84. The van der Waals surface area contributed by atoms with Gasteiger partial charge in [-0.2, -0.15) is 5.26 Å². The number of ether oxygens (including phenoxy) is 2. The molecule has 20 heavy (non-hydrogen) atoms. The lowest BCUT2D eigenvalue weighted by molar-refractivity contribution is 0.00304. The molecule has 1 aromatic rings. The largest absolute Gasteiger partial charge is 0.492 e. The van der Waals surface area contributed by atoms with E-state index in [0.717, 1.165) is 38.4 Å². The van der Waals surface area contributed by atoms with E-state index in [1.165, 1.54) is 6.42 Å². The third-order valence-corrected chi connectivity index (χ3v) is 3.50. The van der Waals surface area contributed by atoms with Gasteiger partial charge in [-0.3, -0.25) is 4.90 Å². The van der Waals surface area contributed by atoms with Gasteiger partial charge >= 0.3 is 0 Å². The first kappa shape index (κ1) is 14.8. The standard InChI is InChI=1S/C16H22N2O2/c1-2-19-16-7-4-8-18(13-16)9-10-20-15-6-3-5-14(11-15)12-17/h3,5-6,11,16H,2,4,7-10,13H2,1H3. The molecule has 0 spiro atoms. The first-order chi connectivity index (χ1) is 9.81. The fourth-order valence-electron chi connectivity index (χ4n) is 2.54. The van der Waals surface area contributed by atoms with Gasteiger partial charge in [0.05, 0.1) is 17.7 Å². The zero-order valence-corrected chi connectivity index (χ0v) is 12.0. The van der Waals surface area contributed by atoms with E-state index < -0.39 is 0 Å². The normalized spacial score (nSPS) is 19.5.